The van der Waals surface area contributed by atoms with Crippen LogP contribution in [0, 0.1) is 12.8 Å². The summed E-state index contributed by atoms with van der Waals surface area (Å²) in [4.78, 5) is 54.1. The maximum Gasteiger partial charge on any atom is 0.310 e. The number of hydrogen-bond acceptors (Lipinski definition) is 8. The van der Waals surface area contributed by atoms with Crippen LogP contribution < -0.4 is 14.4 Å². The lowest BCUT2D eigenvalue weighted by Gasteiger charge is -2.31. The molecule has 3 heterocycles. The zero-order valence-corrected chi connectivity index (χ0v) is 23.1. The van der Waals surface area contributed by atoms with Crippen LogP contribution in [-0.2, 0) is 20.9 Å². The second-order valence-electron chi connectivity index (χ2n) is 10.1. The normalized spacial score (nSPS) is 16.5. The first-order valence-corrected chi connectivity index (χ1v) is 13.7. The molecule has 2 aliphatic heterocycles. The Morgan fingerprint density at radius 3 is 2.63 bits per heavy atom. The third-order valence-electron chi connectivity index (χ3n) is 7.13. The summed E-state index contributed by atoms with van der Waals surface area (Å²) in [5, 5.41) is 0. The minimum atomic E-state index is -0.358. The predicted molar refractivity (Wildman–Crippen MR) is 148 cm³/mol. The molecule has 10 nitrogen and oxygen atoms in total. The maximum atomic E-state index is 13.1. The zero-order chi connectivity index (χ0) is 28.9. The van der Waals surface area contributed by atoms with Crippen molar-refractivity contribution in [3.05, 3.63) is 77.2 Å². The molecule has 1 atom stereocenters. The van der Waals surface area contributed by atoms with Gasteiger partial charge in [0.2, 0.25) is 0 Å². The van der Waals surface area contributed by atoms with E-state index in [4.69, 9.17) is 18.6 Å². The molecule has 1 saturated heterocycles. The number of Topliss-reactive ketones (excluding diaryl/α,β-unsaturated/α-hetero) is 1. The van der Waals surface area contributed by atoms with E-state index in [1.54, 1.807) is 54.3 Å². The molecule has 214 valence electrons. The standard InChI is InChI=1S/C31H32N2O8/c1-3-38-31(37)22-5-4-14-32(16-22)30(36)28-13-11-24(41-28)17-33-25-15-21(8-12-27(25)40-19-29(33)35)26(34)18-39-23-9-6-20(2)7-10-23/h6-13,15,22H,3-5,14,16-19H2,1-2H3/t22-/m0/s1. The number of furan rings is 1. The molecular weight excluding hydrogens is 528 g/mol. The van der Waals surface area contributed by atoms with Crippen molar-refractivity contribution in [3.63, 3.8) is 0 Å². The van der Waals surface area contributed by atoms with Gasteiger partial charge in [0, 0.05) is 18.7 Å². The number of hydrogen-bond donors (Lipinski definition) is 0. The first-order chi connectivity index (χ1) is 19.8. The number of carbonyl (C=O) groups excluding carboxylic acids is 4. The van der Waals surface area contributed by atoms with Crippen molar-refractivity contribution < 1.29 is 37.8 Å². The highest BCUT2D eigenvalue weighted by Crippen LogP contribution is 2.34. The number of ether oxygens (including phenoxy) is 3. The second kappa shape index (κ2) is 12.3. The molecule has 1 aromatic heterocycles. The van der Waals surface area contributed by atoms with Crippen LogP contribution in [0.5, 0.6) is 11.5 Å². The van der Waals surface area contributed by atoms with Gasteiger partial charge in [-0.25, -0.2) is 0 Å². The molecule has 0 radical (unpaired) electrons. The molecule has 0 unspecified atom stereocenters. The highest BCUT2D eigenvalue weighted by molar-refractivity contribution is 6.02. The average molecular weight is 561 g/mol. The van der Waals surface area contributed by atoms with Crippen LogP contribution in [0.25, 0.3) is 0 Å². The van der Waals surface area contributed by atoms with E-state index in [-0.39, 0.29) is 61.5 Å². The van der Waals surface area contributed by atoms with Gasteiger partial charge in [-0.2, -0.15) is 0 Å². The molecule has 1 fully saturated rings. The van der Waals surface area contributed by atoms with E-state index in [1.807, 2.05) is 19.1 Å². The summed E-state index contributed by atoms with van der Waals surface area (Å²) in [6, 6.07) is 15.5. The van der Waals surface area contributed by atoms with Crippen molar-refractivity contribution in [2.45, 2.75) is 33.2 Å². The van der Waals surface area contributed by atoms with E-state index in [2.05, 4.69) is 0 Å². The van der Waals surface area contributed by atoms with E-state index in [0.29, 0.717) is 54.5 Å². The number of amides is 2. The summed E-state index contributed by atoms with van der Waals surface area (Å²) >= 11 is 0. The number of carbonyl (C=O) groups is 4. The molecule has 2 aliphatic rings. The second-order valence-corrected chi connectivity index (χ2v) is 10.1. The number of nitrogens with zero attached hydrogens (tertiary/aromatic N) is 2. The summed E-state index contributed by atoms with van der Waals surface area (Å²) in [7, 11) is 0. The van der Waals surface area contributed by atoms with Gasteiger partial charge < -0.3 is 23.5 Å². The quantitative estimate of drug-likeness (QED) is 0.283. The summed E-state index contributed by atoms with van der Waals surface area (Å²) in [5.74, 6) is 0.0392. The number of likely N-dealkylation sites (tertiary alicyclic amines) is 1. The number of fused-ring (bicyclic) bond motifs is 1. The van der Waals surface area contributed by atoms with Crippen LogP contribution in [0.3, 0.4) is 0 Å². The Bertz CT molecular complexity index is 1440. The Morgan fingerprint density at radius 1 is 1.05 bits per heavy atom. The Morgan fingerprint density at radius 2 is 1.85 bits per heavy atom. The van der Waals surface area contributed by atoms with Gasteiger partial charge in [0.05, 0.1) is 24.8 Å². The highest BCUT2D eigenvalue weighted by atomic mass is 16.5. The molecule has 0 spiro atoms. The van der Waals surface area contributed by atoms with Gasteiger partial charge in [-0.05, 0) is 69.2 Å². The molecule has 10 heteroatoms. The molecule has 2 aromatic carbocycles. The van der Waals surface area contributed by atoms with Gasteiger partial charge in [0.15, 0.2) is 24.8 Å². The first-order valence-electron chi connectivity index (χ1n) is 13.7. The molecule has 0 N–H and O–H groups in total. The fourth-order valence-corrected chi connectivity index (χ4v) is 4.92. The molecule has 3 aromatic rings. The van der Waals surface area contributed by atoms with E-state index < -0.39 is 0 Å². The van der Waals surface area contributed by atoms with Crippen LogP contribution in [0.1, 0.15) is 52.0 Å². The summed E-state index contributed by atoms with van der Waals surface area (Å²) in [5.41, 5.74) is 1.89. The Labute approximate surface area is 237 Å². The van der Waals surface area contributed by atoms with Crippen molar-refractivity contribution in [2.75, 3.05) is 37.8 Å². The van der Waals surface area contributed by atoms with Crippen LogP contribution in [0.15, 0.2) is 59.0 Å². The van der Waals surface area contributed by atoms with E-state index >= 15 is 0 Å². The molecule has 5 rings (SSSR count). The number of aryl methyl sites for hydroxylation is 1. The van der Waals surface area contributed by atoms with Crippen molar-refractivity contribution in [1.82, 2.24) is 4.90 Å². The van der Waals surface area contributed by atoms with Crippen molar-refractivity contribution >= 4 is 29.3 Å². The minimum Gasteiger partial charge on any atom is -0.485 e. The predicted octanol–water partition coefficient (Wildman–Crippen LogP) is 4.19. The van der Waals surface area contributed by atoms with E-state index in [9.17, 15) is 19.2 Å². The number of ketones is 1. The molecule has 0 bridgehead atoms. The van der Waals surface area contributed by atoms with Gasteiger partial charge in [0.1, 0.15) is 17.3 Å². The average Bonchev–Trinajstić information content (AvgIpc) is 3.46. The van der Waals surface area contributed by atoms with Gasteiger partial charge in [-0.3, -0.25) is 24.1 Å². The van der Waals surface area contributed by atoms with Gasteiger partial charge >= 0.3 is 5.97 Å². The molecular formula is C31H32N2O8. The number of esters is 1. The zero-order valence-electron chi connectivity index (χ0n) is 23.1. The maximum absolute atomic E-state index is 13.1. The summed E-state index contributed by atoms with van der Waals surface area (Å²) in [6.07, 6.45) is 1.37. The van der Waals surface area contributed by atoms with Crippen LogP contribution in [0.2, 0.25) is 0 Å². The SMILES string of the molecule is CCOC(=O)[C@H]1CCCN(C(=O)c2ccc(CN3C(=O)COc4ccc(C(=O)COc5ccc(C)cc5)cc43)o2)C1. The lowest BCUT2D eigenvalue weighted by Crippen LogP contribution is -2.42. The number of piperidine rings is 1. The number of anilines is 1. The van der Waals surface area contributed by atoms with Crippen LogP contribution in [0.4, 0.5) is 5.69 Å². The lowest BCUT2D eigenvalue weighted by molar-refractivity contribution is -0.149. The van der Waals surface area contributed by atoms with E-state index in [1.165, 1.54) is 4.90 Å². The fraction of sp³-hybridized carbons (Fsp3) is 0.355. The Balaban J connectivity index is 1.27. The van der Waals surface area contributed by atoms with Crippen molar-refractivity contribution in [3.8, 4) is 11.5 Å². The smallest absolute Gasteiger partial charge is 0.310 e. The topological polar surface area (TPSA) is 116 Å². The summed E-state index contributed by atoms with van der Waals surface area (Å²) < 4.78 is 22.2. The van der Waals surface area contributed by atoms with Crippen LogP contribution in [-0.4, -0.2) is 61.4 Å². The Kier molecular flexibility index (Phi) is 8.37. The minimum absolute atomic E-state index is 0.0471. The first kappa shape index (κ1) is 27.9. The van der Waals surface area contributed by atoms with Gasteiger partial charge in [-0.15, -0.1) is 0 Å². The third kappa shape index (κ3) is 6.42. The molecule has 0 saturated carbocycles. The van der Waals surface area contributed by atoms with Gasteiger partial charge in [0.25, 0.3) is 11.8 Å². The number of benzene rings is 2. The monoisotopic (exact) mass is 560 g/mol. The van der Waals surface area contributed by atoms with Crippen LogP contribution >= 0.6 is 0 Å². The van der Waals surface area contributed by atoms with Gasteiger partial charge in [-0.1, -0.05) is 17.7 Å². The molecule has 2 amide bonds. The van der Waals surface area contributed by atoms with E-state index in [0.717, 1.165) is 5.56 Å². The molecule has 41 heavy (non-hydrogen) atoms. The highest BCUT2D eigenvalue weighted by Gasteiger charge is 2.32. The van der Waals surface area contributed by atoms with Crippen molar-refractivity contribution in [2.24, 2.45) is 5.92 Å². The third-order valence-corrected chi connectivity index (χ3v) is 7.13. The fourth-order valence-electron chi connectivity index (χ4n) is 4.92. The summed E-state index contributed by atoms with van der Waals surface area (Å²) in [6.45, 7) is 4.54. The largest absolute Gasteiger partial charge is 0.485 e. The lowest BCUT2D eigenvalue weighted by atomic mass is 9.98. The number of rotatable bonds is 9. The van der Waals surface area contributed by atoms with Crippen molar-refractivity contribution in [1.29, 1.82) is 0 Å². The molecule has 0 aliphatic carbocycles. The Hall–Kier alpha value is -4.60.